The number of benzene rings is 1. The summed E-state index contributed by atoms with van der Waals surface area (Å²) in [6, 6.07) is 8.58. The molecule has 2 unspecified atom stereocenters. The lowest BCUT2D eigenvalue weighted by molar-refractivity contribution is -0.138. The van der Waals surface area contributed by atoms with E-state index in [4.69, 9.17) is 4.98 Å². The number of hydrogen-bond acceptors (Lipinski definition) is 4. The second kappa shape index (κ2) is 7.04. The van der Waals surface area contributed by atoms with Crippen LogP contribution in [0.5, 0.6) is 0 Å². The SMILES string of the molecule is CC1CCN(C(=O)C(C)N2CCCC2c2nc3ccccc3s2)CC1. The van der Waals surface area contributed by atoms with Gasteiger partial charge in [0.05, 0.1) is 22.3 Å². The number of amides is 1. The number of carbonyl (C=O) groups is 1. The van der Waals surface area contributed by atoms with Crippen LogP contribution >= 0.6 is 11.3 Å². The lowest BCUT2D eigenvalue weighted by Crippen LogP contribution is -2.49. The fraction of sp³-hybridized carbons (Fsp3) is 0.600. The van der Waals surface area contributed by atoms with Crippen LogP contribution in [0.1, 0.15) is 50.6 Å². The van der Waals surface area contributed by atoms with Crippen LogP contribution in [0.25, 0.3) is 10.2 Å². The number of rotatable bonds is 3. The maximum Gasteiger partial charge on any atom is 0.239 e. The zero-order chi connectivity index (χ0) is 17.4. The van der Waals surface area contributed by atoms with Crippen molar-refractivity contribution in [3.63, 3.8) is 0 Å². The zero-order valence-corrected chi connectivity index (χ0v) is 16.0. The highest BCUT2D eigenvalue weighted by molar-refractivity contribution is 7.18. The van der Waals surface area contributed by atoms with E-state index in [1.54, 1.807) is 11.3 Å². The van der Waals surface area contributed by atoms with Crippen molar-refractivity contribution in [2.75, 3.05) is 19.6 Å². The Hall–Kier alpha value is -1.46. The quantitative estimate of drug-likeness (QED) is 0.830. The largest absolute Gasteiger partial charge is 0.341 e. The van der Waals surface area contributed by atoms with Gasteiger partial charge in [-0.25, -0.2) is 4.98 Å². The number of aromatic nitrogens is 1. The Morgan fingerprint density at radius 2 is 1.96 bits per heavy atom. The summed E-state index contributed by atoms with van der Waals surface area (Å²) in [6.07, 6.45) is 4.53. The van der Waals surface area contributed by atoms with Gasteiger partial charge < -0.3 is 4.90 Å². The smallest absolute Gasteiger partial charge is 0.239 e. The third kappa shape index (κ3) is 3.32. The van der Waals surface area contributed by atoms with Crippen molar-refractivity contribution < 1.29 is 4.79 Å². The molecule has 2 aromatic rings. The van der Waals surface area contributed by atoms with E-state index in [0.29, 0.717) is 11.9 Å². The number of likely N-dealkylation sites (tertiary alicyclic amines) is 2. The van der Waals surface area contributed by atoms with Crippen LogP contribution in [0.15, 0.2) is 24.3 Å². The first kappa shape index (κ1) is 17.0. The van der Waals surface area contributed by atoms with Crippen molar-refractivity contribution in [3.05, 3.63) is 29.3 Å². The molecule has 5 heteroatoms. The van der Waals surface area contributed by atoms with E-state index in [2.05, 4.69) is 41.8 Å². The molecular formula is C20H27N3OS. The molecule has 0 aliphatic carbocycles. The number of piperidine rings is 1. The third-order valence-electron chi connectivity index (χ3n) is 5.84. The molecule has 4 nitrogen and oxygen atoms in total. The van der Waals surface area contributed by atoms with Gasteiger partial charge >= 0.3 is 0 Å². The minimum Gasteiger partial charge on any atom is -0.341 e. The van der Waals surface area contributed by atoms with Gasteiger partial charge in [0, 0.05) is 13.1 Å². The number of fused-ring (bicyclic) bond motifs is 1. The Balaban J connectivity index is 1.51. The molecule has 1 aromatic heterocycles. The van der Waals surface area contributed by atoms with Gasteiger partial charge in [0.1, 0.15) is 5.01 Å². The summed E-state index contributed by atoms with van der Waals surface area (Å²) in [6.45, 7) is 7.21. The standard InChI is InChI=1S/C20H27N3OS/c1-14-9-12-22(13-10-14)20(24)15(2)23-11-5-7-17(23)19-21-16-6-3-4-8-18(16)25-19/h3-4,6,8,14-15,17H,5,7,9-13H2,1-2H3. The fourth-order valence-electron chi connectivity index (χ4n) is 4.19. The van der Waals surface area contributed by atoms with E-state index in [1.807, 2.05) is 6.07 Å². The maximum atomic E-state index is 13.0. The lowest BCUT2D eigenvalue weighted by atomic mass is 9.98. The van der Waals surface area contributed by atoms with Crippen LogP contribution in [0.3, 0.4) is 0 Å². The lowest BCUT2D eigenvalue weighted by Gasteiger charge is -2.36. The number of thiazole rings is 1. The summed E-state index contributed by atoms with van der Waals surface area (Å²) < 4.78 is 1.24. The molecule has 0 saturated carbocycles. The minimum atomic E-state index is -0.0482. The van der Waals surface area contributed by atoms with E-state index < -0.39 is 0 Å². The Morgan fingerprint density at radius 1 is 1.20 bits per heavy atom. The average molecular weight is 358 g/mol. The number of para-hydroxylation sites is 1. The second-order valence-electron chi connectivity index (χ2n) is 7.60. The Kier molecular flexibility index (Phi) is 4.78. The van der Waals surface area contributed by atoms with E-state index in [-0.39, 0.29) is 6.04 Å². The van der Waals surface area contributed by atoms with Crippen LogP contribution in [0.4, 0.5) is 0 Å². The first-order chi connectivity index (χ1) is 12.1. The molecular weight excluding hydrogens is 330 g/mol. The van der Waals surface area contributed by atoms with Crippen molar-refractivity contribution in [2.24, 2.45) is 5.92 Å². The second-order valence-corrected chi connectivity index (χ2v) is 8.66. The van der Waals surface area contributed by atoms with E-state index >= 15 is 0 Å². The van der Waals surface area contributed by atoms with Gasteiger partial charge in [-0.2, -0.15) is 0 Å². The van der Waals surface area contributed by atoms with Gasteiger partial charge in [0.2, 0.25) is 5.91 Å². The van der Waals surface area contributed by atoms with Crippen LogP contribution < -0.4 is 0 Å². The van der Waals surface area contributed by atoms with Gasteiger partial charge in [-0.3, -0.25) is 9.69 Å². The molecule has 1 aromatic carbocycles. The highest BCUT2D eigenvalue weighted by atomic mass is 32.1. The maximum absolute atomic E-state index is 13.0. The molecule has 2 fully saturated rings. The molecule has 1 amide bonds. The van der Waals surface area contributed by atoms with E-state index in [1.165, 1.54) is 9.71 Å². The zero-order valence-electron chi connectivity index (χ0n) is 15.1. The molecule has 25 heavy (non-hydrogen) atoms. The number of hydrogen-bond donors (Lipinski definition) is 0. The Bertz CT molecular complexity index is 717. The van der Waals surface area contributed by atoms with Crippen LogP contribution in [-0.4, -0.2) is 46.4 Å². The van der Waals surface area contributed by atoms with E-state index in [9.17, 15) is 4.79 Å². The summed E-state index contributed by atoms with van der Waals surface area (Å²) in [7, 11) is 0. The molecule has 2 aliphatic rings. The van der Waals surface area contributed by atoms with Gasteiger partial charge in [-0.1, -0.05) is 19.1 Å². The molecule has 0 bridgehead atoms. The molecule has 2 saturated heterocycles. The van der Waals surface area contributed by atoms with Gasteiger partial charge in [0.15, 0.2) is 0 Å². The summed E-state index contributed by atoms with van der Waals surface area (Å²) in [5.41, 5.74) is 1.08. The summed E-state index contributed by atoms with van der Waals surface area (Å²) in [5.74, 6) is 1.06. The molecule has 4 rings (SSSR count). The van der Waals surface area contributed by atoms with Crippen molar-refractivity contribution in [1.29, 1.82) is 0 Å². The summed E-state index contributed by atoms with van der Waals surface area (Å²) in [5, 5.41) is 1.17. The third-order valence-corrected chi connectivity index (χ3v) is 6.98. The van der Waals surface area contributed by atoms with Crippen LogP contribution in [0, 0.1) is 5.92 Å². The van der Waals surface area contributed by atoms with Crippen LogP contribution in [0.2, 0.25) is 0 Å². The van der Waals surface area contributed by atoms with Crippen molar-refractivity contribution in [1.82, 2.24) is 14.8 Å². The molecule has 2 aliphatic heterocycles. The first-order valence-electron chi connectivity index (χ1n) is 9.53. The summed E-state index contributed by atoms with van der Waals surface area (Å²) >= 11 is 1.79. The predicted molar refractivity (Wildman–Crippen MR) is 103 cm³/mol. The molecule has 0 radical (unpaired) electrons. The highest BCUT2D eigenvalue weighted by Gasteiger charge is 2.36. The van der Waals surface area contributed by atoms with Crippen molar-refractivity contribution in [2.45, 2.75) is 51.6 Å². The van der Waals surface area contributed by atoms with Gasteiger partial charge in [-0.15, -0.1) is 11.3 Å². The molecule has 134 valence electrons. The summed E-state index contributed by atoms with van der Waals surface area (Å²) in [4.78, 5) is 22.3. The fourth-order valence-corrected chi connectivity index (χ4v) is 5.31. The highest BCUT2D eigenvalue weighted by Crippen LogP contribution is 2.38. The monoisotopic (exact) mass is 357 g/mol. The molecule has 3 heterocycles. The molecule has 2 atom stereocenters. The van der Waals surface area contributed by atoms with Gasteiger partial charge in [0.25, 0.3) is 0 Å². The van der Waals surface area contributed by atoms with Gasteiger partial charge in [-0.05, 0) is 57.2 Å². The Morgan fingerprint density at radius 3 is 2.72 bits per heavy atom. The van der Waals surface area contributed by atoms with Crippen molar-refractivity contribution >= 4 is 27.5 Å². The van der Waals surface area contributed by atoms with E-state index in [0.717, 1.165) is 56.8 Å². The predicted octanol–water partition coefficient (Wildman–Crippen LogP) is 4.08. The molecule has 0 N–H and O–H groups in total. The minimum absolute atomic E-state index is 0.0482. The first-order valence-corrected chi connectivity index (χ1v) is 10.3. The topological polar surface area (TPSA) is 36.4 Å². The number of nitrogens with zero attached hydrogens (tertiary/aromatic N) is 3. The normalized spacial score (nSPS) is 24.1. The average Bonchev–Trinajstić information content (AvgIpc) is 3.27. The molecule has 0 spiro atoms. The number of carbonyl (C=O) groups excluding carboxylic acids is 1. The van der Waals surface area contributed by atoms with Crippen LogP contribution in [-0.2, 0) is 4.79 Å². The Labute approximate surface area is 153 Å². The van der Waals surface area contributed by atoms with Crippen molar-refractivity contribution in [3.8, 4) is 0 Å².